The highest BCUT2D eigenvalue weighted by Crippen LogP contribution is 2.34. The van der Waals surface area contributed by atoms with Gasteiger partial charge in [0.25, 0.3) is 0 Å². The van der Waals surface area contributed by atoms with Crippen molar-refractivity contribution >= 4 is 12.1 Å². The first kappa shape index (κ1) is 30.7. The number of hydrogen-bond acceptors (Lipinski definition) is 6. The van der Waals surface area contributed by atoms with Gasteiger partial charge in [0.15, 0.2) is 0 Å². The van der Waals surface area contributed by atoms with Gasteiger partial charge in [-0.05, 0) is 82.3 Å². The first-order chi connectivity index (χ1) is 18.9. The van der Waals surface area contributed by atoms with Gasteiger partial charge >= 0.3 is 12.1 Å². The number of pyridine rings is 1. The molecule has 0 fully saturated rings. The highest BCUT2D eigenvalue weighted by Gasteiger charge is 2.22. The molecule has 0 aliphatic heterocycles. The Labute approximate surface area is 238 Å². The molecule has 3 aromatic rings. The number of benzene rings is 2. The predicted molar refractivity (Wildman–Crippen MR) is 157 cm³/mol. The van der Waals surface area contributed by atoms with Crippen molar-refractivity contribution in [2.24, 2.45) is 5.92 Å². The van der Waals surface area contributed by atoms with Crippen LogP contribution in [0.4, 0.5) is 4.79 Å². The van der Waals surface area contributed by atoms with Crippen molar-refractivity contribution in [2.45, 2.75) is 87.0 Å². The summed E-state index contributed by atoms with van der Waals surface area (Å²) in [7, 11) is 0. The molecule has 3 rings (SSSR count). The van der Waals surface area contributed by atoms with Crippen molar-refractivity contribution in [1.82, 2.24) is 10.3 Å². The second-order valence-electron chi connectivity index (χ2n) is 11.4. The number of carbonyl (C=O) groups excluding carboxylic acids is 2. The Bertz CT molecular complexity index is 1310. The molecule has 0 spiro atoms. The van der Waals surface area contributed by atoms with E-state index in [9.17, 15) is 9.59 Å². The van der Waals surface area contributed by atoms with Crippen molar-refractivity contribution in [2.75, 3.05) is 0 Å². The highest BCUT2D eigenvalue weighted by atomic mass is 16.6. The summed E-state index contributed by atoms with van der Waals surface area (Å²) in [5.74, 6) is 1.21. The molecule has 0 saturated heterocycles. The van der Waals surface area contributed by atoms with Crippen LogP contribution in [0.15, 0.2) is 48.5 Å². The summed E-state index contributed by atoms with van der Waals surface area (Å²) < 4.78 is 17.0. The minimum absolute atomic E-state index is 0.275. The lowest BCUT2D eigenvalue weighted by molar-refractivity contribution is -0.134. The van der Waals surface area contributed by atoms with Crippen LogP contribution in [0.3, 0.4) is 0 Å². The second kappa shape index (κ2) is 13.5. The van der Waals surface area contributed by atoms with E-state index in [1.807, 2.05) is 27.7 Å². The maximum Gasteiger partial charge on any atom is 0.407 e. The van der Waals surface area contributed by atoms with Crippen molar-refractivity contribution in [3.63, 3.8) is 0 Å². The number of nitrogens with one attached hydrogen (secondary N) is 1. The van der Waals surface area contributed by atoms with E-state index >= 15 is 0 Å². The Morgan fingerprint density at radius 2 is 1.55 bits per heavy atom. The third-order valence-electron chi connectivity index (χ3n) is 6.17. The van der Waals surface area contributed by atoms with Gasteiger partial charge in [0.1, 0.15) is 23.7 Å². The Morgan fingerprint density at radius 1 is 0.925 bits per heavy atom. The Balaban J connectivity index is 2.02. The molecular weight excluding hydrogens is 504 g/mol. The molecule has 1 amide bonds. The van der Waals surface area contributed by atoms with Crippen LogP contribution < -0.4 is 14.8 Å². The molecular formula is C33H42N2O5. The van der Waals surface area contributed by atoms with Gasteiger partial charge in [-0.2, -0.15) is 0 Å². The first-order valence-electron chi connectivity index (χ1n) is 13.8. The fraction of sp³-hybridized carbons (Fsp3) is 0.424. The molecule has 7 nitrogen and oxygen atoms in total. The van der Waals surface area contributed by atoms with Gasteiger partial charge in [-0.3, -0.25) is 9.78 Å². The quantitative estimate of drug-likeness (QED) is 0.209. The van der Waals surface area contributed by atoms with Crippen LogP contribution in [-0.2, 0) is 29.1 Å². The molecule has 1 aromatic heterocycles. The second-order valence-corrected chi connectivity index (χ2v) is 11.4. The SMILES string of the molecule is CCC(=O)Oc1ccc(OCc2c(C)nc(CC(C)C)c(CNC(=O)OC(C)(C)C)c2-c2ccc(C)cc2)cc1. The van der Waals surface area contributed by atoms with Crippen LogP contribution in [0.5, 0.6) is 11.5 Å². The number of nitrogens with zero attached hydrogens (tertiary/aromatic N) is 1. The number of rotatable bonds is 10. The molecule has 2 aromatic carbocycles. The third kappa shape index (κ3) is 8.83. The number of ether oxygens (including phenoxy) is 3. The standard InChI is InChI=1S/C33H42N2O5/c1-9-30(36)39-26-16-14-25(15-17-26)38-20-28-23(5)35-29(18-21(2)3)27(19-34-32(37)40-33(6,7)8)31(28)24-12-10-22(4)11-13-24/h10-17,21H,9,18-20H2,1-8H3,(H,34,37). The molecule has 0 bridgehead atoms. The smallest absolute Gasteiger partial charge is 0.407 e. The summed E-state index contributed by atoms with van der Waals surface area (Å²) in [6, 6.07) is 15.4. The van der Waals surface area contributed by atoms with Crippen LogP contribution in [0.1, 0.15) is 76.0 Å². The van der Waals surface area contributed by atoms with Crippen molar-refractivity contribution < 1.29 is 23.8 Å². The zero-order valence-corrected chi connectivity index (χ0v) is 25.0. The van der Waals surface area contributed by atoms with E-state index in [2.05, 4.69) is 50.4 Å². The van der Waals surface area contributed by atoms with E-state index in [0.29, 0.717) is 23.8 Å². The monoisotopic (exact) mass is 546 g/mol. The topological polar surface area (TPSA) is 86.8 Å². The predicted octanol–water partition coefficient (Wildman–Crippen LogP) is 7.48. The van der Waals surface area contributed by atoms with E-state index in [0.717, 1.165) is 45.6 Å². The third-order valence-corrected chi connectivity index (χ3v) is 6.17. The van der Waals surface area contributed by atoms with Crippen molar-refractivity contribution in [3.05, 3.63) is 76.6 Å². The fourth-order valence-corrected chi connectivity index (χ4v) is 4.27. The van der Waals surface area contributed by atoms with E-state index in [-0.39, 0.29) is 19.1 Å². The molecule has 0 atom stereocenters. The van der Waals surface area contributed by atoms with E-state index in [4.69, 9.17) is 19.2 Å². The first-order valence-corrected chi connectivity index (χ1v) is 13.8. The maximum atomic E-state index is 12.6. The number of aromatic nitrogens is 1. The van der Waals surface area contributed by atoms with Gasteiger partial charge in [-0.25, -0.2) is 4.79 Å². The lowest BCUT2D eigenvalue weighted by Gasteiger charge is -2.24. The molecule has 0 radical (unpaired) electrons. The van der Waals surface area contributed by atoms with Crippen LogP contribution in [-0.4, -0.2) is 22.6 Å². The van der Waals surface area contributed by atoms with Gasteiger partial charge in [0.05, 0.1) is 0 Å². The average Bonchev–Trinajstić information content (AvgIpc) is 2.87. The number of carbonyl (C=O) groups is 2. The van der Waals surface area contributed by atoms with Gasteiger partial charge in [0.2, 0.25) is 0 Å². The van der Waals surface area contributed by atoms with Gasteiger partial charge in [0, 0.05) is 35.5 Å². The number of hydrogen-bond donors (Lipinski definition) is 1. The number of alkyl carbamates (subject to hydrolysis) is 1. The molecule has 0 aliphatic rings. The van der Waals surface area contributed by atoms with Crippen LogP contribution in [0, 0.1) is 19.8 Å². The fourth-order valence-electron chi connectivity index (χ4n) is 4.27. The maximum absolute atomic E-state index is 12.6. The van der Waals surface area contributed by atoms with Crippen molar-refractivity contribution in [3.8, 4) is 22.6 Å². The summed E-state index contributed by atoms with van der Waals surface area (Å²) in [5, 5.41) is 2.95. The van der Waals surface area contributed by atoms with E-state index in [1.165, 1.54) is 0 Å². The van der Waals surface area contributed by atoms with Crippen LogP contribution >= 0.6 is 0 Å². The number of esters is 1. The molecule has 0 aliphatic carbocycles. The lowest BCUT2D eigenvalue weighted by Crippen LogP contribution is -2.32. The average molecular weight is 547 g/mol. The van der Waals surface area contributed by atoms with E-state index in [1.54, 1.807) is 31.2 Å². The Morgan fingerprint density at radius 3 is 2.12 bits per heavy atom. The molecule has 1 heterocycles. The minimum Gasteiger partial charge on any atom is -0.489 e. The van der Waals surface area contributed by atoms with Crippen molar-refractivity contribution in [1.29, 1.82) is 0 Å². The largest absolute Gasteiger partial charge is 0.489 e. The summed E-state index contributed by atoms with van der Waals surface area (Å²) in [5.41, 5.74) is 6.32. The summed E-state index contributed by atoms with van der Waals surface area (Å²) >= 11 is 0. The Kier molecular flexibility index (Phi) is 10.3. The summed E-state index contributed by atoms with van der Waals surface area (Å²) in [4.78, 5) is 29.2. The number of amides is 1. The normalized spacial score (nSPS) is 11.3. The van der Waals surface area contributed by atoms with Gasteiger partial charge in [-0.15, -0.1) is 0 Å². The highest BCUT2D eigenvalue weighted by molar-refractivity contribution is 5.74. The zero-order valence-electron chi connectivity index (χ0n) is 25.0. The lowest BCUT2D eigenvalue weighted by atomic mass is 9.90. The minimum atomic E-state index is -0.598. The molecule has 40 heavy (non-hydrogen) atoms. The number of aryl methyl sites for hydroxylation is 2. The van der Waals surface area contributed by atoms with Gasteiger partial charge < -0.3 is 19.5 Å². The van der Waals surface area contributed by atoms with Gasteiger partial charge in [-0.1, -0.05) is 50.6 Å². The zero-order chi connectivity index (χ0) is 29.4. The van der Waals surface area contributed by atoms with E-state index < -0.39 is 11.7 Å². The Hall–Kier alpha value is -3.87. The molecule has 214 valence electrons. The summed E-state index contributed by atoms with van der Waals surface area (Å²) in [6.07, 6.45) is 0.606. The molecule has 0 unspecified atom stereocenters. The summed E-state index contributed by atoms with van der Waals surface area (Å²) in [6.45, 7) is 16.2. The molecule has 7 heteroatoms. The van der Waals surface area contributed by atoms with Crippen LogP contribution in [0.25, 0.3) is 11.1 Å². The molecule has 0 saturated carbocycles. The molecule has 1 N–H and O–H groups in total. The van der Waals surface area contributed by atoms with Crippen LogP contribution in [0.2, 0.25) is 0 Å².